The maximum atomic E-state index is 13.6. The molecule has 0 heterocycles. The topological polar surface area (TPSA) is 29.1 Å². The number of carbonyl (C=O) groups excluding carboxylic acids is 1. The Labute approximate surface area is 119 Å². The van der Waals surface area contributed by atoms with Crippen LogP contribution in [0.2, 0.25) is 0 Å². The minimum atomic E-state index is -0.230. The third-order valence-electron chi connectivity index (χ3n) is 2.80. The summed E-state index contributed by atoms with van der Waals surface area (Å²) in [5.74, 6) is 0.338. The van der Waals surface area contributed by atoms with Gasteiger partial charge in [0.05, 0.1) is 5.25 Å². The van der Waals surface area contributed by atoms with Crippen LogP contribution in [0.4, 0.5) is 4.39 Å². The minimum Gasteiger partial charge on any atom is -0.352 e. The SMILES string of the molecule is C[C@H](SCc1ccc(Br)cc1F)C(=O)NC1CC1. The zero-order valence-corrected chi connectivity index (χ0v) is 12.5. The van der Waals surface area contributed by atoms with Crippen LogP contribution < -0.4 is 5.32 Å². The number of nitrogens with one attached hydrogen (secondary N) is 1. The van der Waals surface area contributed by atoms with Crippen molar-refractivity contribution in [2.45, 2.75) is 36.8 Å². The first-order valence-corrected chi connectivity index (χ1v) is 7.76. The van der Waals surface area contributed by atoms with Gasteiger partial charge in [0.1, 0.15) is 5.82 Å². The zero-order valence-electron chi connectivity index (χ0n) is 10.1. The van der Waals surface area contributed by atoms with Crippen LogP contribution in [0.15, 0.2) is 22.7 Å². The molecular weight excluding hydrogens is 317 g/mol. The second-order valence-electron chi connectivity index (χ2n) is 4.47. The molecule has 1 atom stereocenters. The van der Waals surface area contributed by atoms with Crippen molar-refractivity contribution in [2.75, 3.05) is 0 Å². The highest BCUT2D eigenvalue weighted by molar-refractivity contribution is 9.10. The number of rotatable bonds is 5. The summed E-state index contributed by atoms with van der Waals surface area (Å²) in [6, 6.07) is 5.39. The molecule has 1 N–H and O–H groups in total. The van der Waals surface area contributed by atoms with E-state index in [9.17, 15) is 9.18 Å². The normalized spacial score (nSPS) is 16.4. The van der Waals surface area contributed by atoms with Crippen LogP contribution in [0.3, 0.4) is 0 Å². The first-order chi connectivity index (χ1) is 8.56. The molecule has 1 saturated carbocycles. The fourth-order valence-electron chi connectivity index (χ4n) is 1.48. The van der Waals surface area contributed by atoms with Crippen molar-refractivity contribution in [3.8, 4) is 0 Å². The van der Waals surface area contributed by atoms with Crippen molar-refractivity contribution in [2.24, 2.45) is 0 Å². The average molecular weight is 332 g/mol. The number of thioether (sulfide) groups is 1. The van der Waals surface area contributed by atoms with Crippen LogP contribution in [0.25, 0.3) is 0 Å². The molecule has 0 aromatic heterocycles. The molecule has 1 aromatic carbocycles. The molecule has 0 bridgehead atoms. The first kappa shape index (κ1) is 13.9. The lowest BCUT2D eigenvalue weighted by atomic mass is 10.2. The monoisotopic (exact) mass is 331 g/mol. The van der Waals surface area contributed by atoms with Gasteiger partial charge in [0, 0.05) is 16.3 Å². The lowest BCUT2D eigenvalue weighted by Gasteiger charge is -2.11. The van der Waals surface area contributed by atoms with E-state index in [0.29, 0.717) is 17.4 Å². The van der Waals surface area contributed by atoms with Crippen LogP contribution >= 0.6 is 27.7 Å². The zero-order chi connectivity index (χ0) is 13.1. The molecule has 2 nitrogen and oxygen atoms in total. The number of hydrogen-bond donors (Lipinski definition) is 1. The Balaban J connectivity index is 1.84. The van der Waals surface area contributed by atoms with Gasteiger partial charge in [-0.05, 0) is 37.5 Å². The number of benzene rings is 1. The van der Waals surface area contributed by atoms with E-state index in [-0.39, 0.29) is 17.0 Å². The van der Waals surface area contributed by atoms with Crippen molar-refractivity contribution < 1.29 is 9.18 Å². The van der Waals surface area contributed by atoms with E-state index in [1.165, 1.54) is 17.8 Å². The summed E-state index contributed by atoms with van der Waals surface area (Å²) in [4.78, 5) is 11.7. The lowest BCUT2D eigenvalue weighted by molar-refractivity contribution is -0.120. The summed E-state index contributed by atoms with van der Waals surface area (Å²) >= 11 is 4.68. The van der Waals surface area contributed by atoms with Gasteiger partial charge in [0.25, 0.3) is 0 Å². The van der Waals surface area contributed by atoms with Gasteiger partial charge in [0.15, 0.2) is 0 Å². The second kappa shape index (κ2) is 6.06. The Bertz CT molecular complexity index is 451. The Morgan fingerprint density at radius 1 is 1.61 bits per heavy atom. The molecule has 1 aliphatic carbocycles. The van der Waals surface area contributed by atoms with Crippen molar-refractivity contribution in [1.82, 2.24) is 5.32 Å². The number of hydrogen-bond acceptors (Lipinski definition) is 2. The summed E-state index contributed by atoms with van der Waals surface area (Å²) in [5, 5.41) is 2.81. The molecule has 1 amide bonds. The maximum Gasteiger partial charge on any atom is 0.233 e. The van der Waals surface area contributed by atoms with Crippen LogP contribution in [0, 0.1) is 5.82 Å². The fourth-order valence-corrected chi connectivity index (χ4v) is 2.69. The average Bonchev–Trinajstić information content (AvgIpc) is 3.11. The van der Waals surface area contributed by atoms with Crippen molar-refractivity contribution in [3.63, 3.8) is 0 Å². The molecule has 0 saturated heterocycles. The van der Waals surface area contributed by atoms with E-state index >= 15 is 0 Å². The first-order valence-electron chi connectivity index (χ1n) is 5.92. The van der Waals surface area contributed by atoms with Crippen molar-refractivity contribution in [1.29, 1.82) is 0 Å². The summed E-state index contributed by atoms with van der Waals surface area (Å²) in [5.41, 5.74) is 0.634. The molecular formula is C13H15BrFNOS. The third kappa shape index (κ3) is 3.99. The standard InChI is InChI=1S/C13H15BrFNOS/c1-8(13(17)16-11-4-5-11)18-7-9-2-3-10(14)6-12(9)15/h2-3,6,8,11H,4-5,7H2,1H3,(H,16,17)/t8-/m0/s1. The highest BCUT2D eigenvalue weighted by Gasteiger charge is 2.25. The van der Waals surface area contributed by atoms with Gasteiger partial charge in [-0.2, -0.15) is 0 Å². The summed E-state index contributed by atoms with van der Waals surface area (Å²) in [6.45, 7) is 1.86. The van der Waals surface area contributed by atoms with E-state index in [4.69, 9.17) is 0 Å². The predicted octanol–water partition coefficient (Wildman–Crippen LogP) is 3.49. The molecule has 0 radical (unpaired) electrons. The molecule has 0 aliphatic heterocycles. The maximum absolute atomic E-state index is 13.6. The van der Waals surface area contributed by atoms with Crippen molar-refractivity contribution >= 4 is 33.6 Å². The van der Waals surface area contributed by atoms with Crippen LogP contribution in [-0.2, 0) is 10.5 Å². The number of carbonyl (C=O) groups is 1. The molecule has 5 heteroatoms. The van der Waals surface area contributed by atoms with Gasteiger partial charge < -0.3 is 5.32 Å². The van der Waals surface area contributed by atoms with E-state index in [1.54, 1.807) is 6.07 Å². The smallest absolute Gasteiger partial charge is 0.233 e. The number of amides is 1. The second-order valence-corrected chi connectivity index (χ2v) is 6.72. The largest absolute Gasteiger partial charge is 0.352 e. The van der Waals surface area contributed by atoms with Gasteiger partial charge in [-0.25, -0.2) is 4.39 Å². The van der Waals surface area contributed by atoms with E-state index in [0.717, 1.165) is 17.3 Å². The highest BCUT2D eigenvalue weighted by atomic mass is 79.9. The van der Waals surface area contributed by atoms with Gasteiger partial charge >= 0.3 is 0 Å². The molecule has 1 fully saturated rings. The van der Waals surface area contributed by atoms with Gasteiger partial charge in [-0.3, -0.25) is 4.79 Å². The van der Waals surface area contributed by atoms with Gasteiger partial charge in [0.2, 0.25) is 5.91 Å². The Morgan fingerprint density at radius 2 is 2.33 bits per heavy atom. The van der Waals surface area contributed by atoms with Crippen LogP contribution in [-0.4, -0.2) is 17.2 Å². The molecule has 98 valence electrons. The fraction of sp³-hybridized carbons (Fsp3) is 0.462. The summed E-state index contributed by atoms with van der Waals surface area (Å²) < 4.78 is 14.3. The van der Waals surface area contributed by atoms with Gasteiger partial charge in [-0.1, -0.05) is 22.0 Å². The molecule has 0 unspecified atom stereocenters. The molecule has 1 aromatic rings. The molecule has 1 aliphatic rings. The summed E-state index contributed by atoms with van der Waals surface area (Å²) in [7, 11) is 0. The Morgan fingerprint density at radius 3 is 2.94 bits per heavy atom. The predicted molar refractivity (Wildman–Crippen MR) is 76.0 cm³/mol. The Kier molecular flexibility index (Phi) is 4.67. The molecule has 18 heavy (non-hydrogen) atoms. The van der Waals surface area contributed by atoms with E-state index < -0.39 is 0 Å². The minimum absolute atomic E-state index is 0.0556. The van der Waals surface area contributed by atoms with E-state index in [1.807, 2.05) is 13.0 Å². The van der Waals surface area contributed by atoms with Crippen LogP contribution in [0.1, 0.15) is 25.3 Å². The van der Waals surface area contributed by atoms with Crippen LogP contribution in [0.5, 0.6) is 0 Å². The highest BCUT2D eigenvalue weighted by Crippen LogP contribution is 2.24. The van der Waals surface area contributed by atoms with Crippen molar-refractivity contribution in [3.05, 3.63) is 34.1 Å². The van der Waals surface area contributed by atoms with E-state index in [2.05, 4.69) is 21.2 Å². The number of halogens is 2. The molecule has 2 rings (SSSR count). The quantitative estimate of drug-likeness (QED) is 0.894. The Hall–Kier alpha value is -0.550. The third-order valence-corrected chi connectivity index (χ3v) is 4.48. The van der Waals surface area contributed by atoms with Gasteiger partial charge in [-0.15, -0.1) is 11.8 Å². The molecule has 0 spiro atoms. The lowest BCUT2D eigenvalue weighted by Crippen LogP contribution is -2.32. The summed E-state index contributed by atoms with van der Waals surface area (Å²) in [6.07, 6.45) is 2.18.